The smallest absolute Gasteiger partial charge is 0.347 e. The minimum atomic E-state index is -4.57. The highest BCUT2D eigenvalue weighted by atomic mass is 31.2. The van der Waals surface area contributed by atoms with Crippen molar-refractivity contribution in [3.63, 3.8) is 0 Å². The van der Waals surface area contributed by atoms with E-state index >= 15 is 0 Å². The Morgan fingerprint density at radius 3 is 2.28 bits per heavy atom. The molecule has 0 aliphatic rings. The van der Waals surface area contributed by atoms with Crippen LogP contribution in [0.3, 0.4) is 0 Å². The molecule has 0 spiro atoms. The van der Waals surface area contributed by atoms with Crippen molar-refractivity contribution in [1.82, 2.24) is 5.32 Å². The van der Waals surface area contributed by atoms with Crippen LogP contribution in [0.2, 0.25) is 0 Å². The van der Waals surface area contributed by atoms with E-state index in [4.69, 9.17) is 9.79 Å². The number of carbonyl (C=O) groups excluding carboxylic acids is 1. The molecule has 0 saturated heterocycles. The highest BCUT2D eigenvalue weighted by Crippen LogP contribution is 2.37. The van der Waals surface area contributed by atoms with Crippen LogP contribution in [-0.2, 0) is 13.9 Å². The third kappa shape index (κ3) is 12.8. The van der Waals surface area contributed by atoms with Crippen molar-refractivity contribution < 1.29 is 23.7 Å². The standard InChI is InChI=1S/C16H26NO5P.C2H6/c1-2-3-4-5-9-12-16(18)17-15(13-22-23(19,20)21)14-10-7-6-8-11-14;1-2/h6-8,10-11,15H,2-5,9,12-13H2,1H3,(H,17,18)(H2,19,20,21);1-2H3/t15-;/m0./s1. The minimum absolute atomic E-state index is 0.135. The number of amides is 1. The zero-order chi connectivity index (χ0) is 19.1. The molecule has 1 rings (SSSR count). The average Bonchev–Trinajstić information content (AvgIpc) is 2.60. The summed E-state index contributed by atoms with van der Waals surface area (Å²) >= 11 is 0. The molecular formula is C18H32NO5P. The Labute approximate surface area is 151 Å². The van der Waals surface area contributed by atoms with Crippen LogP contribution in [0.4, 0.5) is 0 Å². The first-order valence-electron chi connectivity index (χ1n) is 8.96. The van der Waals surface area contributed by atoms with E-state index < -0.39 is 13.9 Å². The maximum atomic E-state index is 12.0. The molecule has 7 heteroatoms. The van der Waals surface area contributed by atoms with Gasteiger partial charge in [-0.05, 0) is 12.0 Å². The van der Waals surface area contributed by atoms with Crippen molar-refractivity contribution in [2.45, 2.75) is 65.3 Å². The van der Waals surface area contributed by atoms with Crippen LogP contribution < -0.4 is 5.32 Å². The van der Waals surface area contributed by atoms with Crippen LogP contribution in [0.25, 0.3) is 0 Å². The number of nitrogens with one attached hydrogen (secondary N) is 1. The highest BCUT2D eigenvalue weighted by molar-refractivity contribution is 7.46. The average molecular weight is 373 g/mol. The first-order chi connectivity index (χ1) is 11.9. The Hall–Kier alpha value is -1.20. The van der Waals surface area contributed by atoms with Crippen LogP contribution in [0.1, 0.15) is 70.9 Å². The molecular weight excluding hydrogens is 341 g/mol. The Bertz CT molecular complexity index is 503. The van der Waals surface area contributed by atoms with Gasteiger partial charge in [0.25, 0.3) is 0 Å². The van der Waals surface area contributed by atoms with Crippen molar-refractivity contribution in [3.8, 4) is 0 Å². The molecule has 0 radical (unpaired) electrons. The van der Waals surface area contributed by atoms with Gasteiger partial charge in [-0.2, -0.15) is 0 Å². The third-order valence-corrected chi connectivity index (χ3v) is 3.94. The van der Waals surface area contributed by atoms with E-state index in [2.05, 4.69) is 16.8 Å². The molecule has 6 nitrogen and oxygen atoms in total. The molecule has 0 aromatic heterocycles. The zero-order valence-electron chi connectivity index (χ0n) is 15.5. The van der Waals surface area contributed by atoms with Gasteiger partial charge in [0.15, 0.2) is 0 Å². The van der Waals surface area contributed by atoms with Crippen LogP contribution in [-0.4, -0.2) is 22.3 Å². The summed E-state index contributed by atoms with van der Waals surface area (Å²) in [4.78, 5) is 29.7. The van der Waals surface area contributed by atoms with Gasteiger partial charge in [-0.3, -0.25) is 9.32 Å². The van der Waals surface area contributed by atoms with Gasteiger partial charge in [0.05, 0.1) is 12.6 Å². The van der Waals surface area contributed by atoms with Crippen LogP contribution >= 0.6 is 7.82 Å². The van der Waals surface area contributed by atoms with Crippen LogP contribution in [0.15, 0.2) is 30.3 Å². The second-order valence-corrected chi connectivity index (χ2v) is 6.72. The van der Waals surface area contributed by atoms with E-state index in [0.29, 0.717) is 6.42 Å². The summed E-state index contributed by atoms with van der Waals surface area (Å²) < 4.78 is 15.4. The maximum Gasteiger partial charge on any atom is 0.469 e. The summed E-state index contributed by atoms with van der Waals surface area (Å²) in [5.41, 5.74) is 0.750. The van der Waals surface area contributed by atoms with E-state index in [-0.39, 0.29) is 12.5 Å². The monoisotopic (exact) mass is 373 g/mol. The first-order valence-corrected chi connectivity index (χ1v) is 10.5. The van der Waals surface area contributed by atoms with Gasteiger partial charge >= 0.3 is 7.82 Å². The highest BCUT2D eigenvalue weighted by Gasteiger charge is 2.20. The largest absolute Gasteiger partial charge is 0.469 e. The maximum absolute atomic E-state index is 12.0. The van der Waals surface area contributed by atoms with Crippen LogP contribution in [0.5, 0.6) is 0 Å². The van der Waals surface area contributed by atoms with E-state index in [0.717, 1.165) is 31.2 Å². The molecule has 0 saturated carbocycles. The Balaban J connectivity index is 0.00000277. The fraction of sp³-hybridized carbons (Fsp3) is 0.611. The second-order valence-electron chi connectivity index (χ2n) is 5.48. The number of benzene rings is 1. The molecule has 0 heterocycles. The van der Waals surface area contributed by atoms with Crippen molar-refractivity contribution >= 4 is 13.7 Å². The summed E-state index contributed by atoms with van der Waals surface area (Å²) in [6, 6.07) is 8.43. The summed E-state index contributed by atoms with van der Waals surface area (Å²) in [6.07, 6.45) is 5.67. The molecule has 144 valence electrons. The topological polar surface area (TPSA) is 95.9 Å². The van der Waals surface area contributed by atoms with Gasteiger partial charge in [0.2, 0.25) is 5.91 Å². The molecule has 0 aliphatic carbocycles. The van der Waals surface area contributed by atoms with Gasteiger partial charge in [0, 0.05) is 6.42 Å². The molecule has 1 aromatic rings. The number of phosphoric acid groups is 1. The summed E-state index contributed by atoms with van der Waals surface area (Å²) in [7, 11) is -4.57. The fourth-order valence-corrected chi connectivity index (χ4v) is 2.58. The lowest BCUT2D eigenvalue weighted by Gasteiger charge is -2.19. The minimum Gasteiger partial charge on any atom is -0.347 e. The quantitative estimate of drug-likeness (QED) is 0.396. The predicted octanol–water partition coefficient (Wildman–Crippen LogP) is 4.34. The first kappa shape index (κ1) is 23.8. The second kappa shape index (κ2) is 14.0. The van der Waals surface area contributed by atoms with Gasteiger partial charge in [-0.15, -0.1) is 0 Å². The summed E-state index contributed by atoms with van der Waals surface area (Å²) in [6.45, 7) is 5.87. The van der Waals surface area contributed by atoms with E-state index in [9.17, 15) is 9.36 Å². The molecule has 25 heavy (non-hydrogen) atoms. The number of carbonyl (C=O) groups is 1. The molecule has 1 atom stereocenters. The van der Waals surface area contributed by atoms with Crippen LogP contribution in [0, 0.1) is 0 Å². The fourth-order valence-electron chi connectivity index (χ4n) is 2.23. The predicted molar refractivity (Wildman–Crippen MR) is 100 cm³/mol. The molecule has 3 N–H and O–H groups in total. The SMILES string of the molecule is CC.CCCCCCCC(=O)N[C@@H](COP(=O)(O)O)c1ccccc1. The van der Waals surface area contributed by atoms with E-state index in [1.165, 1.54) is 6.42 Å². The molecule has 0 aliphatic heterocycles. The molecule has 0 unspecified atom stereocenters. The van der Waals surface area contributed by atoms with Gasteiger partial charge < -0.3 is 15.1 Å². The summed E-state index contributed by atoms with van der Waals surface area (Å²) in [5.74, 6) is -0.135. The number of phosphoric ester groups is 1. The molecule has 1 amide bonds. The van der Waals surface area contributed by atoms with Crippen molar-refractivity contribution in [1.29, 1.82) is 0 Å². The Morgan fingerprint density at radius 1 is 1.12 bits per heavy atom. The normalized spacial score (nSPS) is 12.0. The van der Waals surface area contributed by atoms with Gasteiger partial charge in [-0.25, -0.2) is 4.57 Å². The van der Waals surface area contributed by atoms with Gasteiger partial charge in [-0.1, -0.05) is 76.8 Å². The number of hydrogen-bond donors (Lipinski definition) is 3. The third-order valence-electron chi connectivity index (χ3n) is 3.45. The van der Waals surface area contributed by atoms with Gasteiger partial charge in [0.1, 0.15) is 0 Å². The van der Waals surface area contributed by atoms with Crippen molar-refractivity contribution in [2.24, 2.45) is 0 Å². The molecule has 1 aromatic carbocycles. The Kier molecular flexibility index (Phi) is 13.3. The Morgan fingerprint density at radius 2 is 1.72 bits per heavy atom. The van der Waals surface area contributed by atoms with E-state index in [1.807, 2.05) is 19.9 Å². The zero-order valence-corrected chi connectivity index (χ0v) is 16.4. The van der Waals surface area contributed by atoms with Crippen molar-refractivity contribution in [2.75, 3.05) is 6.61 Å². The number of hydrogen-bond acceptors (Lipinski definition) is 3. The lowest BCUT2D eigenvalue weighted by molar-refractivity contribution is -0.122. The van der Waals surface area contributed by atoms with E-state index in [1.54, 1.807) is 24.3 Å². The lowest BCUT2D eigenvalue weighted by atomic mass is 10.1. The lowest BCUT2D eigenvalue weighted by Crippen LogP contribution is -2.31. The summed E-state index contributed by atoms with van der Waals surface area (Å²) in [5, 5.41) is 2.79. The molecule has 0 bridgehead atoms. The van der Waals surface area contributed by atoms with Crippen molar-refractivity contribution in [3.05, 3.63) is 35.9 Å². The number of unbranched alkanes of at least 4 members (excludes halogenated alkanes) is 4. The number of rotatable bonds is 11. The molecule has 0 fully saturated rings.